The van der Waals surface area contributed by atoms with Crippen LogP contribution in [0.15, 0.2) is 42.9 Å². The maximum Gasteiger partial charge on any atom is 0.410 e. The average Bonchev–Trinajstić information content (AvgIpc) is 3.37. The van der Waals surface area contributed by atoms with E-state index in [0.29, 0.717) is 40.6 Å². The highest BCUT2D eigenvalue weighted by Gasteiger charge is 2.40. The molecular weight excluding hydrogens is 504 g/mol. The highest BCUT2D eigenvalue weighted by atomic mass is 35.5. The molecule has 0 unspecified atom stereocenters. The Morgan fingerprint density at radius 3 is 2.61 bits per heavy atom. The lowest BCUT2D eigenvalue weighted by Gasteiger charge is -2.45. The molecule has 1 aromatic carbocycles. The van der Waals surface area contributed by atoms with Gasteiger partial charge in [0.15, 0.2) is 11.0 Å². The first kappa shape index (κ1) is 24.4. The van der Waals surface area contributed by atoms with E-state index in [2.05, 4.69) is 57.3 Å². The zero-order valence-corrected chi connectivity index (χ0v) is 22.5. The highest BCUT2D eigenvalue weighted by Crippen LogP contribution is 2.37. The summed E-state index contributed by atoms with van der Waals surface area (Å²) >= 11 is 6.25. The van der Waals surface area contributed by atoms with Crippen LogP contribution in [0.3, 0.4) is 0 Å². The first-order valence-corrected chi connectivity index (χ1v) is 13.1. The molecule has 3 aromatic heterocycles. The van der Waals surface area contributed by atoms with Crippen LogP contribution in [-0.4, -0.2) is 67.5 Å². The molecule has 1 amide bonds. The molecule has 38 heavy (non-hydrogen) atoms. The molecular formula is C27H29ClN8O2. The van der Waals surface area contributed by atoms with E-state index in [1.807, 2.05) is 18.0 Å². The van der Waals surface area contributed by atoms with Gasteiger partial charge in [0.25, 0.3) is 0 Å². The second kappa shape index (κ2) is 9.43. The second-order valence-corrected chi connectivity index (χ2v) is 10.6. The Morgan fingerprint density at radius 2 is 1.92 bits per heavy atom. The van der Waals surface area contributed by atoms with E-state index in [9.17, 15) is 4.79 Å². The average molecular weight is 533 g/mol. The lowest BCUT2D eigenvalue weighted by atomic mass is 9.94. The number of hydrogen-bond acceptors (Lipinski definition) is 8. The number of ether oxygens (including phenoxy) is 1. The van der Waals surface area contributed by atoms with Gasteiger partial charge in [0, 0.05) is 49.8 Å². The molecule has 0 bridgehead atoms. The number of carbonyl (C=O) groups is 1. The molecule has 0 saturated carbocycles. The largest absolute Gasteiger partial charge is 0.444 e. The normalized spacial score (nSPS) is 17.8. The smallest absolute Gasteiger partial charge is 0.410 e. The number of cyclic esters (lactones) is 1. The molecule has 196 valence electrons. The fraction of sp³-hybridized carbons (Fsp3) is 0.370. The Labute approximate surface area is 225 Å². The molecule has 4 aromatic rings. The van der Waals surface area contributed by atoms with Gasteiger partial charge in [-0.2, -0.15) is 5.10 Å². The summed E-state index contributed by atoms with van der Waals surface area (Å²) in [6.07, 6.45) is 5.13. The number of aromatic nitrogens is 5. The molecule has 11 heteroatoms. The third-order valence-electron chi connectivity index (χ3n) is 7.10. The molecule has 6 rings (SSSR count). The first-order chi connectivity index (χ1) is 18.3. The predicted octanol–water partition coefficient (Wildman–Crippen LogP) is 4.98. The third-order valence-corrected chi connectivity index (χ3v) is 7.38. The topological polar surface area (TPSA) is 101 Å². The van der Waals surface area contributed by atoms with Crippen LogP contribution in [0.25, 0.3) is 22.2 Å². The van der Waals surface area contributed by atoms with Crippen LogP contribution in [0.2, 0.25) is 5.15 Å². The van der Waals surface area contributed by atoms with Crippen molar-refractivity contribution in [3.05, 3.63) is 53.6 Å². The standard InChI is InChI=1S/C27H29ClN8O2/c1-15(2)18-5-6-22(35-12-17(13-35)36-11-16(3)38-27(36)37)20-10-30-24(9-19(18)20)31-23-7-8-29-26(32-23)21-14-34(4)33-25(21)28/h5-10,14-17H,11-13H2,1-4H3,(H,29,30,31,32)/t16-/m0/s1. The fourth-order valence-electron chi connectivity index (χ4n) is 5.17. The minimum atomic E-state index is -0.210. The Hall–Kier alpha value is -3.92. The molecule has 10 nitrogen and oxygen atoms in total. The number of carbonyl (C=O) groups excluding carboxylic acids is 1. The summed E-state index contributed by atoms with van der Waals surface area (Å²) in [5.74, 6) is 2.13. The second-order valence-electron chi connectivity index (χ2n) is 10.2. The number of benzene rings is 1. The lowest BCUT2D eigenvalue weighted by molar-refractivity contribution is 0.129. The van der Waals surface area contributed by atoms with E-state index >= 15 is 0 Å². The number of rotatable bonds is 6. The Kier molecular flexibility index (Phi) is 6.06. The number of hydrogen-bond donors (Lipinski definition) is 1. The van der Waals surface area contributed by atoms with Crippen molar-refractivity contribution in [3.63, 3.8) is 0 Å². The van der Waals surface area contributed by atoms with Crippen LogP contribution in [0.1, 0.15) is 32.3 Å². The third kappa shape index (κ3) is 4.38. The summed E-state index contributed by atoms with van der Waals surface area (Å²) in [6, 6.07) is 8.40. The molecule has 2 aliphatic heterocycles. The van der Waals surface area contributed by atoms with Crippen molar-refractivity contribution in [2.24, 2.45) is 7.05 Å². The molecule has 0 radical (unpaired) electrons. The molecule has 0 aliphatic carbocycles. The number of anilines is 3. The van der Waals surface area contributed by atoms with Crippen LogP contribution in [0, 0.1) is 0 Å². The molecule has 0 spiro atoms. The van der Waals surface area contributed by atoms with Gasteiger partial charge in [0.05, 0.1) is 18.2 Å². The predicted molar refractivity (Wildman–Crippen MR) is 147 cm³/mol. The highest BCUT2D eigenvalue weighted by molar-refractivity contribution is 6.31. The van der Waals surface area contributed by atoms with E-state index in [-0.39, 0.29) is 18.2 Å². The van der Waals surface area contributed by atoms with Crippen molar-refractivity contribution in [3.8, 4) is 11.4 Å². The number of aryl methyl sites for hydroxylation is 1. The maximum absolute atomic E-state index is 12.1. The lowest BCUT2D eigenvalue weighted by Crippen LogP contribution is -2.60. The molecule has 1 N–H and O–H groups in total. The number of nitrogens with zero attached hydrogens (tertiary/aromatic N) is 7. The van der Waals surface area contributed by atoms with Crippen LogP contribution >= 0.6 is 11.6 Å². The van der Waals surface area contributed by atoms with Gasteiger partial charge in [-0.15, -0.1) is 0 Å². The van der Waals surface area contributed by atoms with E-state index in [4.69, 9.17) is 21.3 Å². The summed E-state index contributed by atoms with van der Waals surface area (Å²) in [5, 5.41) is 10.1. The zero-order valence-electron chi connectivity index (χ0n) is 21.7. The van der Waals surface area contributed by atoms with Crippen molar-refractivity contribution in [1.82, 2.24) is 29.6 Å². The van der Waals surface area contributed by atoms with Gasteiger partial charge in [0.2, 0.25) is 0 Å². The molecule has 5 heterocycles. The van der Waals surface area contributed by atoms with Crippen LogP contribution < -0.4 is 10.2 Å². The van der Waals surface area contributed by atoms with E-state index < -0.39 is 0 Å². The monoisotopic (exact) mass is 532 g/mol. The van der Waals surface area contributed by atoms with Crippen LogP contribution in [-0.2, 0) is 11.8 Å². The number of halogens is 1. The summed E-state index contributed by atoms with van der Waals surface area (Å²) in [4.78, 5) is 30.0. The van der Waals surface area contributed by atoms with Crippen LogP contribution in [0.4, 0.5) is 22.1 Å². The number of pyridine rings is 1. The first-order valence-electron chi connectivity index (χ1n) is 12.7. The van der Waals surface area contributed by atoms with Gasteiger partial charge in [0.1, 0.15) is 17.7 Å². The summed E-state index contributed by atoms with van der Waals surface area (Å²) < 4.78 is 6.95. The Bertz CT molecular complexity index is 1530. The van der Waals surface area contributed by atoms with Crippen molar-refractivity contribution >= 4 is 45.8 Å². The minimum absolute atomic E-state index is 0.0508. The minimum Gasteiger partial charge on any atom is -0.444 e. The maximum atomic E-state index is 12.1. The molecule has 2 fully saturated rings. The fourth-order valence-corrected chi connectivity index (χ4v) is 5.42. The van der Waals surface area contributed by atoms with Gasteiger partial charge in [-0.25, -0.2) is 19.7 Å². The van der Waals surface area contributed by atoms with Gasteiger partial charge < -0.3 is 15.0 Å². The van der Waals surface area contributed by atoms with Gasteiger partial charge in [-0.1, -0.05) is 31.5 Å². The van der Waals surface area contributed by atoms with Crippen LogP contribution in [0.5, 0.6) is 0 Å². The Morgan fingerprint density at radius 1 is 1.11 bits per heavy atom. The summed E-state index contributed by atoms with van der Waals surface area (Å²) in [7, 11) is 1.80. The zero-order chi connectivity index (χ0) is 26.6. The van der Waals surface area contributed by atoms with Crippen molar-refractivity contribution < 1.29 is 9.53 Å². The van der Waals surface area contributed by atoms with Gasteiger partial charge in [-0.05, 0) is 42.0 Å². The molecule has 2 saturated heterocycles. The van der Waals surface area contributed by atoms with E-state index in [1.165, 1.54) is 5.56 Å². The van der Waals surface area contributed by atoms with E-state index in [1.54, 1.807) is 30.2 Å². The van der Waals surface area contributed by atoms with Crippen molar-refractivity contribution in [2.75, 3.05) is 29.9 Å². The van der Waals surface area contributed by atoms with Gasteiger partial charge >= 0.3 is 6.09 Å². The number of nitrogens with one attached hydrogen (secondary N) is 1. The summed E-state index contributed by atoms with van der Waals surface area (Å²) in [5.41, 5.74) is 3.03. The number of fused-ring (bicyclic) bond motifs is 1. The molecule has 2 aliphatic rings. The Balaban J connectivity index is 1.28. The summed E-state index contributed by atoms with van der Waals surface area (Å²) in [6.45, 7) is 8.52. The molecule has 1 atom stereocenters. The van der Waals surface area contributed by atoms with Crippen molar-refractivity contribution in [2.45, 2.75) is 38.8 Å². The SMILES string of the molecule is CC(C)c1ccc(N2CC(N3C[C@H](C)OC3=O)C2)c2cnc(Nc3ccnc(-c4cn(C)nc4Cl)n3)cc12. The van der Waals surface area contributed by atoms with Crippen molar-refractivity contribution in [1.29, 1.82) is 0 Å². The quantitative estimate of drug-likeness (QED) is 0.371. The number of amides is 1. The van der Waals surface area contributed by atoms with E-state index in [0.717, 1.165) is 29.5 Å². The van der Waals surface area contributed by atoms with Gasteiger partial charge in [-0.3, -0.25) is 9.58 Å².